The zero-order chi connectivity index (χ0) is 17.3. The Balaban J connectivity index is 1.27. The van der Waals surface area contributed by atoms with Crippen LogP contribution in [-0.2, 0) is 27.1 Å². The minimum Gasteiger partial charge on any atom is -0.382 e. The Kier molecular flexibility index (Phi) is 4.83. The maximum absolute atomic E-state index is 12.7. The first-order chi connectivity index (χ1) is 12.2. The second-order valence-electron chi connectivity index (χ2n) is 7.88. The Morgan fingerprint density at radius 3 is 2.68 bits per heavy atom. The number of rotatable bonds is 6. The molecule has 25 heavy (non-hydrogen) atoms. The molecule has 0 unspecified atom stereocenters. The highest BCUT2D eigenvalue weighted by Crippen LogP contribution is 2.42. The summed E-state index contributed by atoms with van der Waals surface area (Å²) in [6.45, 7) is 6.00. The number of hydrogen-bond acceptors (Lipinski definition) is 3. The van der Waals surface area contributed by atoms with Crippen molar-refractivity contribution < 1.29 is 14.3 Å². The fourth-order valence-electron chi connectivity index (χ4n) is 4.86. The van der Waals surface area contributed by atoms with Gasteiger partial charge in [0, 0.05) is 26.2 Å². The summed E-state index contributed by atoms with van der Waals surface area (Å²) in [4.78, 5) is 14.7. The van der Waals surface area contributed by atoms with E-state index < -0.39 is 0 Å². The predicted octanol–water partition coefficient (Wildman–Crippen LogP) is 2.84. The van der Waals surface area contributed by atoms with Gasteiger partial charge in [-0.3, -0.25) is 4.79 Å². The number of nitrogens with zero attached hydrogens (tertiary/aromatic N) is 1. The Hall–Kier alpha value is -1.39. The van der Waals surface area contributed by atoms with Crippen molar-refractivity contribution in [1.82, 2.24) is 4.90 Å². The largest absolute Gasteiger partial charge is 0.382 e. The van der Waals surface area contributed by atoms with E-state index in [1.165, 1.54) is 11.1 Å². The van der Waals surface area contributed by atoms with Crippen molar-refractivity contribution in [1.29, 1.82) is 0 Å². The average Bonchev–Trinajstić information content (AvgIpc) is 3.16. The first-order valence-corrected chi connectivity index (χ1v) is 9.76. The third kappa shape index (κ3) is 3.34. The molecule has 136 valence electrons. The minimum absolute atomic E-state index is 0.0780. The predicted molar refractivity (Wildman–Crippen MR) is 96.4 cm³/mol. The second kappa shape index (κ2) is 7.08. The van der Waals surface area contributed by atoms with Gasteiger partial charge >= 0.3 is 0 Å². The Morgan fingerprint density at radius 1 is 1.28 bits per heavy atom. The molecule has 1 aliphatic carbocycles. The first-order valence-electron chi connectivity index (χ1n) is 9.76. The van der Waals surface area contributed by atoms with Crippen molar-refractivity contribution in [2.24, 2.45) is 11.8 Å². The van der Waals surface area contributed by atoms with Crippen LogP contribution in [-0.4, -0.2) is 49.3 Å². The Morgan fingerprint density at radius 2 is 2.00 bits per heavy atom. The lowest BCUT2D eigenvalue weighted by Crippen LogP contribution is -2.66. The van der Waals surface area contributed by atoms with Gasteiger partial charge in [0.25, 0.3) is 0 Å². The van der Waals surface area contributed by atoms with Crippen LogP contribution in [0.4, 0.5) is 0 Å². The van der Waals surface area contributed by atoms with Crippen LogP contribution in [0.1, 0.15) is 37.3 Å². The maximum atomic E-state index is 12.7. The molecule has 4 nitrogen and oxygen atoms in total. The van der Waals surface area contributed by atoms with Crippen LogP contribution in [0.25, 0.3) is 0 Å². The zero-order valence-electron chi connectivity index (χ0n) is 15.2. The quantitative estimate of drug-likeness (QED) is 0.746. The lowest BCUT2D eigenvalue weighted by Gasteiger charge is -2.50. The molecule has 2 aliphatic heterocycles. The van der Waals surface area contributed by atoms with Crippen molar-refractivity contribution in [2.45, 2.75) is 44.6 Å². The molecular weight excluding hydrogens is 314 g/mol. The number of ether oxygens (including phenoxy) is 2. The molecule has 0 N–H and O–H groups in total. The van der Waals surface area contributed by atoms with E-state index in [2.05, 4.69) is 24.3 Å². The van der Waals surface area contributed by atoms with Gasteiger partial charge in [-0.2, -0.15) is 0 Å². The standard InChI is InChI=1S/C21H29NO3/c1-2-24-9-7-19-8-10-25-21(19)14-22(15-21)20(23)13-16-11-17-5-3-4-6-18(17)12-16/h3-6,16,19H,2,7-15H2,1H3/t19-/m0/s1. The van der Waals surface area contributed by atoms with Gasteiger partial charge in [0.2, 0.25) is 5.91 Å². The number of carbonyl (C=O) groups is 1. The van der Waals surface area contributed by atoms with Gasteiger partial charge in [0.15, 0.2) is 0 Å². The fraction of sp³-hybridized carbons (Fsp3) is 0.667. The SMILES string of the molecule is CCOCC[C@H]1CCOC12CN(C(=O)CC1Cc3ccccc3C1)C2. The summed E-state index contributed by atoms with van der Waals surface area (Å²) >= 11 is 0. The van der Waals surface area contributed by atoms with Crippen molar-refractivity contribution in [3.05, 3.63) is 35.4 Å². The molecule has 3 aliphatic rings. The molecule has 1 spiro atoms. The average molecular weight is 343 g/mol. The molecular formula is C21H29NO3. The van der Waals surface area contributed by atoms with Gasteiger partial charge in [-0.15, -0.1) is 0 Å². The highest BCUT2D eigenvalue weighted by molar-refractivity contribution is 5.78. The third-order valence-corrected chi connectivity index (χ3v) is 6.28. The van der Waals surface area contributed by atoms with Crippen LogP contribution in [0.15, 0.2) is 24.3 Å². The number of amides is 1. The van der Waals surface area contributed by atoms with Gasteiger partial charge in [0.1, 0.15) is 5.60 Å². The normalized spacial score (nSPS) is 24.5. The number of hydrogen-bond donors (Lipinski definition) is 0. The molecule has 2 heterocycles. The van der Waals surface area contributed by atoms with E-state index in [0.29, 0.717) is 24.2 Å². The van der Waals surface area contributed by atoms with E-state index in [-0.39, 0.29) is 5.60 Å². The van der Waals surface area contributed by atoms with Crippen molar-refractivity contribution >= 4 is 5.91 Å². The number of benzene rings is 1. The van der Waals surface area contributed by atoms with E-state index in [0.717, 1.165) is 58.6 Å². The molecule has 0 saturated carbocycles. The van der Waals surface area contributed by atoms with Gasteiger partial charge in [0.05, 0.1) is 13.1 Å². The van der Waals surface area contributed by atoms with Crippen LogP contribution in [0, 0.1) is 11.8 Å². The summed E-state index contributed by atoms with van der Waals surface area (Å²) < 4.78 is 11.6. The molecule has 2 fully saturated rings. The smallest absolute Gasteiger partial charge is 0.223 e. The summed E-state index contributed by atoms with van der Waals surface area (Å²) in [7, 11) is 0. The maximum Gasteiger partial charge on any atom is 0.223 e. The van der Waals surface area contributed by atoms with E-state index in [4.69, 9.17) is 9.47 Å². The molecule has 0 bridgehead atoms. The molecule has 4 rings (SSSR count). The molecule has 1 aromatic rings. The molecule has 4 heteroatoms. The van der Waals surface area contributed by atoms with E-state index in [1.54, 1.807) is 0 Å². The molecule has 1 aromatic carbocycles. The molecule has 2 saturated heterocycles. The Labute approximate surface area is 150 Å². The van der Waals surface area contributed by atoms with E-state index in [9.17, 15) is 4.79 Å². The Bertz CT molecular complexity index is 598. The van der Waals surface area contributed by atoms with Crippen LogP contribution in [0.5, 0.6) is 0 Å². The number of likely N-dealkylation sites (tertiary alicyclic amines) is 1. The minimum atomic E-state index is -0.0780. The van der Waals surface area contributed by atoms with Gasteiger partial charge in [-0.05, 0) is 55.6 Å². The summed E-state index contributed by atoms with van der Waals surface area (Å²) in [6.07, 6.45) is 4.93. The summed E-state index contributed by atoms with van der Waals surface area (Å²) in [5.41, 5.74) is 2.77. The summed E-state index contributed by atoms with van der Waals surface area (Å²) in [5.74, 6) is 1.32. The van der Waals surface area contributed by atoms with Crippen LogP contribution in [0.2, 0.25) is 0 Å². The molecule has 1 atom stereocenters. The van der Waals surface area contributed by atoms with Crippen LogP contribution < -0.4 is 0 Å². The monoisotopic (exact) mass is 343 g/mol. The third-order valence-electron chi connectivity index (χ3n) is 6.28. The fourth-order valence-corrected chi connectivity index (χ4v) is 4.86. The van der Waals surface area contributed by atoms with Gasteiger partial charge in [-0.1, -0.05) is 24.3 Å². The summed E-state index contributed by atoms with van der Waals surface area (Å²) in [6, 6.07) is 8.60. The van der Waals surface area contributed by atoms with Crippen LogP contribution in [0.3, 0.4) is 0 Å². The summed E-state index contributed by atoms with van der Waals surface area (Å²) in [5, 5.41) is 0. The van der Waals surface area contributed by atoms with Gasteiger partial charge in [-0.25, -0.2) is 0 Å². The molecule has 0 radical (unpaired) electrons. The zero-order valence-corrected chi connectivity index (χ0v) is 15.2. The van der Waals surface area contributed by atoms with E-state index in [1.807, 2.05) is 11.8 Å². The lowest BCUT2D eigenvalue weighted by atomic mass is 9.78. The van der Waals surface area contributed by atoms with Gasteiger partial charge < -0.3 is 14.4 Å². The molecule has 1 amide bonds. The van der Waals surface area contributed by atoms with Crippen molar-refractivity contribution in [2.75, 3.05) is 32.9 Å². The second-order valence-corrected chi connectivity index (χ2v) is 7.88. The topological polar surface area (TPSA) is 38.8 Å². The molecule has 0 aromatic heterocycles. The highest BCUT2D eigenvalue weighted by Gasteiger charge is 2.54. The highest BCUT2D eigenvalue weighted by atomic mass is 16.5. The van der Waals surface area contributed by atoms with Crippen molar-refractivity contribution in [3.8, 4) is 0 Å². The number of fused-ring (bicyclic) bond motifs is 1. The lowest BCUT2D eigenvalue weighted by molar-refractivity contribution is -0.167. The number of carbonyl (C=O) groups excluding carboxylic acids is 1. The van der Waals surface area contributed by atoms with Crippen molar-refractivity contribution in [3.63, 3.8) is 0 Å². The first kappa shape index (κ1) is 17.0. The van der Waals surface area contributed by atoms with E-state index >= 15 is 0 Å². The van der Waals surface area contributed by atoms with Crippen LogP contribution >= 0.6 is 0 Å².